The molecular weight excluding hydrogens is 330 g/mol. The number of hydrogen-bond acceptors (Lipinski definition) is 4. The average Bonchev–Trinajstić information content (AvgIpc) is 2.68. The van der Waals surface area contributed by atoms with Gasteiger partial charge in [0.1, 0.15) is 6.54 Å². The number of carbonyl (C=O) groups excluding carboxylic acids is 1. The van der Waals surface area contributed by atoms with E-state index in [-0.39, 0.29) is 17.9 Å². The molecule has 0 aliphatic heterocycles. The summed E-state index contributed by atoms with van der Waals surface area (Å²) < 4.78 is 7.13. The molecular formula is C20H21N3O3. The van der Waals surface area contributed by atoms with Crippen molar-refractivity contribution in [2.24, 2.45) is 0 Å². The number of benzene rings is 2. The van der Waals surface area contributed by atoms with Gasteiger partial charge in [-0.2, -0.15) is 5.10 Å². The Balaban J connectivity index is 1.42. The predicted molar refractivity (Wildman–Crippen MR) is 99.7 cm³/mol. The summed E-state index contributed by atoms with van der Waals surface area (Å²) in [5.41, 5.74) is 1.64. The van der Waals surface area contributed by atoms with Crippen molar-refractivity contribution >= 4 is 16.8 Å². The zero-order chi connectivity index (χ0) is 18.2. The molecule has 2 aromatic carbocycles. The maximum Gasteiger partial charge on any atom is 0.241 e. The molecule has 1 aromatic heterocycles. The lowest BCUT2D eigenvalue weighted by atomic mass is 10.2. The smallest absolute Gasteiger partial charge is 0.241 e. The van der Waals surface area contributed by atoms with Gasteiger partial charge in [0.25, 0.3) is 0 Å². The van der Waals surface area contributed by atoms with Crippen molar-refractivity contribution in [3.05, 3.63) is 76.6 Å². The van der Waals surface area contributed by atoms with Crippen molar-refractivity contribution in [2.45, 2.75) is 19.6 Å². The molecule has 0 aliphatic carbocycles. The molecule has 0 radical (unpaired) electrons. The Morgan fingerprint density at radius 2 is 1.85 bits per heavy atom. The summed E-state index contributed by atoms with van der Waals surface area (Å²) >= 11 is 0. The summed E-state index contributed by atoms with van der Waals surface area (Å²) in [4.78, 5) is 23.9. The first-order chi connectivity index (χ1) is 12.7. The van der Waals surface area contributed by atoms with Gasteiger partial charge in [0.15, 0.2) is 0 Å². The molecule has 0 atom stereocenters. The van der Waals surface area contributed by atoms with Gasteiger partial charge in [0.2, 0.25) is 11.3 Å². The Hall–Kier alpha value is -2.99. The van der Waals surface area contributed by atoms with Gasteiger partial charge in [0.05, 0.1) is 18.3 Å². The minimum Gasteiger partial charge on any atom is -0.377 e. The summed E-state index contributed by atoms with van der Waals surface area (Å²) in [7, 11) is 0. The quantitative estimate of drug-likeness (QED) is 0.631. The number of nitrogens with zero attached hydrogens (tertiary/aromatic N) is 2. The molecule has 0 saturated carbocycles. The van der Waals surface area contributed by atoms with Crippen molar-refractivity contribution in [2.75, 3.05) is 13.2 Å². The van der Waals surface area contributed by atoms with E-state index in [0.29, 0.717) is 30.7 Å². The average molecular weight is 351 g/mol. The number of rotatable bonds is 8. The second-order valence-corrected chi connectivity index (χ2v) is 5.93. The standard InChI is InChI=1S/C20H21N3O3/c24-19-13-22-23(18-10-5-4-9-17(18)19)14-20(25)21-11-6-12-26-15-16-7-2-1-3-8-16/h1-5,7-10,13H,6,11-12,14-15H2,(H,21,25). The van der Waals surface area contributed by atoms with Crippen LogP contribution in [0.15, 0.2) is 65.6 Å². The van der Waals surface area contributed by atoms with Gasteiger partial charge in [-0.25, -0.2) is 0 Å². The fourth-order valence-corrected chi connectivity index (χ4v) is 2.65. The Kier molecular flexibility index (Phi) is 6.11. The topological polar surface area (TPSA) is 73.2 Å². The molecule has 134 valence electrons. The monoisotopic (exact) mass is 351 g/mol. The number of carbonyl (C=O) groups is 1. The summed E-state index contributed by atoms with van der Waals surface area (Å²) in [5, 5.41) is 7.47. The molecule has 0 spiro atoms. The second-order valence-electron chi connectivity index (χ2n) is 5.93. The Bertz CT molecular complexity index is 922. The van der Waals surface area contributed by atoms with E-state index in [2.05, 4.69) is 10.4 Å². The number of fused-ring (bicyclic) bond motifs is 1. The molecule has 1 heterocycles. The molecule has 0 saturated heterocycles. The van der Waals surface area contributed by atoms with Gasteiger partial charge in [-0.3, -0.25) is 14.3 Å². The van der Waals surface area contributed by atoms with Gasteiger partial charge in [-0.1, -0.05) is 42.5 Å². The van der Waals surface area contributed by atoms with Gasteiger partial charge >= 0.3 is 0 Å². The normalized spacial score (nSPS) is 10.8. The molecule has 3 aromatic rings. The van der Waals surface area contributed by atoms with Crippen molar-refractivity contribution in [1.82, 2.24) is 15.1 Å². The number of aromatic nitrogens is 2. The van der Waals surface area contributed by atoms with Crippen LogP contribution in [-0.4, -0.2) is 28.8 Å². The van der Waals surface area contributed by atoms with Crippen LogP contribution < -0.4 is 10.7 Å². The van der Waals surface area contributed by atoms with E-state index in [1.807, 2.05) is 36.4 Å². The summed E-state index contributed by atoms with van der Waals surface area (Å²) in [5.74, 6) is -0.144. The first kappa shape index (κ1) is 17.8. The van der Waals surface area contributed by atoms with Crippen molar-refractivity contribution < 1.29 is 9.53 Å². The first-order valence-electron chi connectivity index (χ1n) is 8.57. The van der Waals surface area contributed by atoms with Crippen molar-refractivity contribution in [1.29, 1.82) is 0 Å². The molecule has 0 bridgehead atoms. The lowest BCUT2D eigenvalue weighted by Gasteiger charge is -2.10. The summed E-state index contributed by atoms with van der Waals surface area (Å²) in [6, 6.07) is 17.1. The van der Waals surface area contributed by atoms with Crippen LogP contribution in [0.2, 0.25) is 0 Å². The Labute approximate surface area is 151 Å². The minimum atomic E-state index is -0.146. The van der Waals surface area contributed by atoms with Gasteiger partial charge in [-0.05, 0) is 24.1 Å². The van der Waals surface area contributed by atoms with Crippen molar-refractivity contribution in [3.8, 4) is 0 Å². The van der Waals surface area contributed by atoms with E-state index in [9.17, 15) is 9.59 Å². The van der Waals surface area contributed by atoms with E-state index in [0.717, 1.165) is 12.0 Å². The number of amides is 1. The van der Waals surface area contributed by atoms with Gasteiger partial charge < -0.3 is 10.1 Å². The predicted octanol–water partition coefficient (Wildman–Crippen LogP) is 2.12. The highest BCUT2D eigenvalue weighted by atomic mass is 16.5. The maximum absolute atomic E-state index is 12.1. The zero-order valence-corrected chi connectivity index (χ0v) is 14.4. The molecule has 0 aliphatic rings. The number of hydrogen-bond donors (Lipinski definition) is 1. The molecule has 26 heavy (non-hydrogen) atoms. The second kappa shape index (κ2) is 8.92. The van der Waals surface area contributed by atoms with Crippen LogP contribution in [-0.2, 0) is 22.7 Å². The van der Waals surface area contributed by atoms with Crippen LogP contribution in [0.5, 0.6) is 0 Å². The summed E-state index contributed by atoms with van der Waals surface area (Å²) in [6.07, 6.45) is 1.98. The van der Waals surface area contributed by atoms with Gasteiger partial charge in [0, 0.05) is 18.5 Å². The van der Waals surface area contributed by atoms with Crippen LogP contribution in [0, 0.1) is 0 Å². The fraction of sp³-hybridized carbons (Fsp3) is 0.250. The number of nitrogens with one attached hydrogen (secondary N) is 1. The highest BCUT2D eigenvalue weighted by Crippen LogP contribution is 2.07. The highest BCUT2D eigenvalue weighted by Gasteiger charge is 2.07. The first-order valence-corrected chi connectivity index (χ1v) is 8.57. The molecule has 1 amide bonds. The maximum atomic E-state index is 12.1. The third-order valence-electron chi connectivity index (χ3n) is 3.95. The summed E-state index contributed by atoms with van der Waals surface area (Å²) in [6.45, 7) is 1.76. The molecule has 0 fully saturated rings. The molecule has 6 nitrogen and oxygen atoms in total. The van der Waals surface area contributed by atoms with Crippen LogP contribution in [0.3, 0.4) is 0 Å². The SMILES string of the molecule is O=C(Cn1ncc(=O)c2ccccc21)NCCCOCc1ccccc1. The third-order valence-corrected chi connectivity index (χ3v) is 3.95. The van der Waals surface area contributed by atoms with Crippen molar-refractivity contribution in [3.63, 3.8) is 0 Å². The van der Waals surface area contributed by atoms with E-state index in [4.69, 9.17) is 4.74 Å². The van der Waals surface area contributed by atoms with Gasteiger partial charge in [-0.15, -0.1) is 0 Å². The lowest BCUT2D eigenvalue weighted by molar-refractivity contribution is -0.121. The Morgan fingerprint density at radius 3 is 2.69 bits per heavy atom. The zero-order valence-electron chi connectivity index (χ0n) is 14.4. The number of ether oxygens (including phenoxy) is 1. The van der Waals surface area contributed by atoms with E-state index in [1.54, 1.807) is 18.2 Å². The largest absolute Gasteiger partial charge is 0.377 e. The van der Waals surface area contributed by atoms with Crippen LogP contribution in [0.25, 0.3) is 10.9 Å². The van der Waals surface area contributed by atoms with Crippen LogP contribution >= 0.6 is 0 Å². The lowest BCUT2D eigenvalue weighted by Crippen LogP contribution is -2.30. The number of para-hydroxylation sites is 1. The van der Waals surface area contributed by atoms with Crippen LogP contribution in [0.4, 0.5) is 0 Å². The van der Waals surface area contributed by atoms with Crippen LogP contribution in [0.1, 0.15) is 12.0 Å². The fourth-order valence-electron chi connectivity index (χ4n) is 2.65. The third kappa shape index (κ3) is 4.77. The van der Waals surface area contributed by atoms with E-state index in [1.165, 1.54) is 10.9 Å². The Morgan fingerprint density at radius 1 is 1.08 bits per heavy atom. The molecule has 1 N–H and O–H groups in total. The molecule has 0 unspecified atom stereocenters. The minimum absolute atomic E-state index is 0.0751. The van der Waals surface area contributed by atoms with E-state index < -0.39 is 0 Å². The molecule has 3 rings (SSSR count). The van der Waals surface area contributed by atoms with E-state index >= 15 is 0 Å². The highest BCUT2D eigenvalue weighted by molar-refractivity contribution is 5.81. The molecule has 6 heteroatoms.